The fraction of sp³-hybridized carbons (Fsp3) is 0.571. The lowest BCUT2D eigenvalue weighted by Gasteiger charge is -2.22. The van der Waals surface area contributed by atoms with Crippen molar-refractivity contribution >= 4 is 5.69 Å². The zero-order valence-electron chi connectivity index (χ0n) is 10.2. The molecule has 0 aromatic heterocycles. The average Bonchev–Trinajstić information content (AvgIpc) is 3.06. The van der Waals surface area contributed by atoms with Gasteiger partial charge in [0.2, 0.25) is 0 Å². The molecule has 2 N–H and O–H groups in total. The van der Waals surface area contributed by atoms with Crippen LogP contribution in [0.1, 0.15) is 31.7 Å². The lowest BCUT2D eigenvalue weighted by Crippen LogP contribution is -2.26. The van der Waals surface area contributed by atoms with Gasteiger partial charge in [0.05, 0.1) is 0 Å². The molecule has 1 aliphatic rings. The summed E-state index contributed by atoms with van der Waals surface area (Å²) in [6.45, 7) is 5.69. The summed E-state index contributed by atoms with van der Waals surface area (Å²) in [5.74, 6) is 0.955. The first-order valence-electron chi connectivity index (χ1n) is 6.35. The molecule has 2 nitrogen and oxygen atoms in total. The number of anilines is 1. The molecule has 1 aromatic carbocycles. The van der Waals surface area contributed by atoms with Crippen LogP contribution >= 0.6 is 0 Å². The normalized spacial score (nSPS) is 15.6. The molecule has 0 heterocycles. The largest absolute Gasteiger partial charge is 0.398 e. The summed E-state index contributed by atoms with van der Waals surface area (Å²) in [7, 11) is 0. The van der Waals surface area contributed by atoms with Gasteiger partial charge in [-0.1, -0.05) is 25.1 Å². The molecule has 1 aliphatic carbocycles. The lowest BCUT2D eigenvalue weighted by atomic mass is 10.1. The van der Waals surface area contributed by atoms with Crippen LogP contribution in [0.5, 0.6) is 0 Å². The van der Waals surface area contributed by atoms with Gasteiger partial charge in [-0.05, 0) is 43.4 Å². The summed E-state index contributed by atoms with van der Waals surface area (Å²) in [5.41, 5.74) is 8.19. The van der Waals surface area contributed by atoms with Crippen LogP contribution in [0, 0.1) is 5.92 Å². The van der Waals surface area contributed by atoms with Crippen molar-refractivity contribution in [3.63, 3.8) is 0 Å². The van der Waals surface area contributed by atoms with E-state index >= 15 is 0 Å². The third-order valence-corrected chi connectivity index (χ3v) is 3.20. The van der Waals surface area contributed by atoms with Gasteiger partial charge >= 0.3 is 0 Å². The summed E-state index contributed by atoms with van der Waals surface area (Å²) in [4.78, 5) is 2.54. The van der Waals surface area contributed by atoms with Gasteiger partial charge in [0, 0.05) is 18.8 Å². The van der Waals surface area contributed by atoms with E-state index in [4.69, 9.17) is 5.73 Å². The van der Waals surface area contributed by atoms with Gasteiger partial charge in [-0.25, -0.2) is 0 Å². The fourth-order valence-electron chi connectivity index (χ4n) is 2.14. The minimum absolute atomic E-state index is 0.930. The second-order valence-electron chi connectivity index (χ2n) is 4.88. The van der Waals surface area contributed by atoms with Crippen molar-refractivity contribution in [1.82, 2.24) is 4.90 Å². The van der Waals surface area contributed by atoms with Crippen LogP contribution in [0.2, 0.25) is 0 Å². The predicted octanol–water partition coefficient (Wildman–Crippen LogP) is 2.89. The van der Waals surface area contributed by atoms with E-state index in [0.717, 1.165) is 18.2 Å². The summed E-state index contributed by atoms with van der Waals surface area (Å²) >= 11 is 0. The van der Waals surface area contributed by atoms with Crippen LogP contribution in [0.3, 0.4) is 0 Å². The standard InChI is InChI=1S/C14H22N2/c1-2-9-16(10-12-7-8-12)11-13-5-3-4-6-14(13)15/h3-6,12H,2,7-11,15H2,1H3. The van der Waals surface area contributed by atoms with E-state index in [-0.39, 0.29) is 0 Å². The molecule has 1 fully saturated rings. The van der Waals surface area contributed by atoms with Gasteiger partial charge in [-0.3, -0.25) is 4.90 Å². The molecule has 0 spiro atoms. The molecular weight excluding hydrogens is 196 g/mol. The van der Waals surface area contributed by atoms with Crippen molar-refractivity contribution in [2.75, 3.05) is 18.8 Å². The molecule has 0 atom stereocenters. The first-order chi connectivity index (χ1) is 7.79. The van der Waals surface area contributed by atoms with Crippen LogP contribution in [-0.2, 0) is 6.54 Å². The summed E-state index contributed by atoms with van der Waals surface area (Å²) < 4.78 is 0. The monoisotopic (exact) mass is 218 g/mol. The molecule has 1 aromatic rings. The van der Waals surface area contributed by atoms with E-state index in [1.54, 1.807) is 0 Å². The van der Waals surface area contributed by atoms with E-state index in [1.165, 1.54) is 37.9 Å². The van der Waals surface area contributed by atoms with Gasteiger partial charge in [0.25, 0.3) is 0 Å². The van der Waals surface area contributed by atoms with Crippen molar-refractivity contribution in [1.29, 1.82) is 0 Å². The Kier molecular flexibility index (Phi) is 3.83. The highest BCUT2D eigenvalue weighted by Gasteiger charge is 2.24. The number of hydrogen-bond donors (Lipinski definition) is 1. The highest BCUT2D eigenvalue weighted by Crippen LogP contribution is 2.30. The average molecular weight is 218 g/mol. The maximum Gasteiger partial charge on any atom is 0.0359 e. The minimum atomic E-state index is 0.930. The topological polar surface area (TPSA) is 29.3 Å². The third kappa shape index (κ3) is 3.24. The Morgan fingerprint density at radius 1 is 1.31 bits per heavy atom. The number of nitrogens with two attached hydrogens (primary N) is 1. The molecule has 88 valence electrons. The van der Waals surface area contributed by atoms with E-state index in [2.05, 4.69) is 24.0 Å². The highest BCUT2D eigenvalue weighted by molar-refractivity contribution is 5.46. The smallest absolute Gasteiger partial charge is 0.0359 e. The molecule has 16 heavy (non-hydrogen) atoms. The molecule has 2 rings (SSSR count). The Balaban J connectivity index is 1.95. The quantitative estimate of drug-likeness (QED) is 0.744. The van der Waals surface area contributed by atoms with Gasteiger partial charge in [0.1, 0.15) is 0 Å². The Morgan fingerprint density at radius 2 is 2.06 bits per heavy atom. The predicted molar refractivity (Wildman–Crippen MR) is 69.1 cm³/mol. The number of nitrogen functional groups attached to an aromatic ring is 1. The van der Waals surface area contributed by atoms with Crippen molar-refractivity contribution in [2.45, 2.75) is 32.7 Å². The van der Waals surface area contributed by atoms with Crippen molar-refractivity contribution in [3.8, 4) is 0 Å². The SMILES string of the molecule is CCCN(Cc1ccccc1N)CC1CC1. The zero-order chi connectivity index (χ0) is 11.4. The number of benzene rings is 1. The summed E-state index contributed by atoms with van der Waals surface area (Å²) in [6.07, 6.45) is 4.06. The van der Waals surface area contributed by atoms with Crippen molar-refractivity contribution in [2.24, 2.45) is 5.92 Å². The van der Waals surface area contributed by atoms with Crippen LogP contribution in [0.25, 0.3) is 0 Å². The number of para-hydroxylation sites is 1. The fourth-order valence-corrected chi connectivity index (χ4v) is 2.14. The van der Waals surface area contributed by atoms with Gasteiger partial charge < -0.3 is 5.73 Å². The molecular formula is C14H22N2. The van der Waals surface area contributed by atoms with E-state index in [0.29, 0.717) is 0 Å². The van der Waals surface area contributed by atoms with Crippen molar-refractivity contribution < 1.29 is 0 Å². The van der Waals surface area contributed by atoms with E-state index in [1.807, 2.05) is 12.1 Å². The molecule has 0 unspecified atom stereocenters. The van der Waals surface area contributed by atoms with E-state index < -0.39 is 0 Å². The Labute approximate surface area is 98.4 Å². The second-order valence-corrected chi connectivity index (χ2v) is 4.88. The van der Waals surface area contributed by atoms with Crippen LogP contribution in [-0.4, -0.2) is 18.0 Å². The Morgan fingerprint density at radius 3 is 2.69 bits per heavy atom. The maximum absolute atomic E-state index is 5.98. The minimum Gasteiger partial charge on any atom is -0.398 e. The third-order valence-electron chi connectivity index (χ3n) is 3.20. The lowest BCUT2D eigenvalue weighted by molar-refractivity contribution is 0.255. The first-order valence-corrected chi connectivity index (χ1v) is 6.35. The molecule has 0 radical (unpaired) electrons. The first kappa shape index (κ1) is 11.5. The number of nitrogens with zero attached hydrogens (tertiary/aromatic N) is 1. The summed E-state index contributed by atoms with van der Waals surface area (Å²) in [5, 5.41) is 0. The second kappa shape index (κ2) is 5.35. The molecule has 0 aliphatic heterocycles. The zero-order valence-corrected chi connectivity index (χ0v) is 10.2. The number of rotatable bonds is 6. The molecule has 0 saturated heterocycles. The van der Waals surface area contributed by atoms with Crippen molar-refractivity contribution in [3.05, 3.63) is 29.8 Å². The van der Waals surface area contributed by atoms with Gasteiger partial charge in [0.15, 0.2) is 0 Å². The molecule has 0 amide bonds. The van der Waals surface area contributed by atoms with E-state index in [9.17, 15) is 0 Å². The maximum atomic E-state index is 5.98. The van der Waals surface area contributed by atoms with Crippen LogP contribution < -0.4 is 5.73 Å². The molecule has 0 bridgehead atoms. The van der Waals surface area contributed by atoms with Gasteiger partial charge in [-0.15, -0.1) is 0 Å². The number of hydrogen-bond acceptors (Lipinski definition) is 2. The van der Waals surface area contributed by atoms with Crippen LogP contribution in [0.15, 0.2) is 24.3 Å². The summed E-state index contributed by atoms with van der Waals surface area (Å²) in [6, 6.07) is 8.22. The van der Waals surface area contributed by atoms with Crippen LogP contribution in [0.4, 0.5) is 5.69 Å². The Bertz CT molecular complexity index is 331. The molecule has 1 saturated carbocycles. The Hall–Kier alpha value is -1.02. The highest BCUT2D eigenvalue weighted by atomic mass is 15.1. The molecule has 2 heteroatoms. The van der Waals surface area contributed by atoms with Gasteiger partial charge in [-0.2, -0.15) is 0 Å².